The number of rotatable bonds is 10. The summed E-state index contributed by atoms with van der Waals surface area (Å²) in [5.41, 5.74) is 4.51. The van der Waals surface area contributed by atoms with Crippen LogP contribution in [0, 0.1) is 0 Å². The average molecular weight is 527 g/mol. The van der Waals surface area contributed by atoms with Crippen LogP contribution in [0.25, 0.3) is 28.0 Å². The number of anilines is 1. The van der Waals surface area contributed by atoms with E-state index >= 15 is 0 Å². The van der Waals surface area contributed by atoms with Gasteiger partial charge in [0.1, 0.15) is 10.4 Å². The molecule has 3 heterocycles. The van der Waals surface area contributed by atoms with Crippen LogP contribution in [-0.4, -0.2) is 34.5 Å². The number of sulfonamides is 1. The van der Waals surface area contributed by atoms with Crippen LogP contribution in [0.2, 0.25) is 0 Å². The Morgan fingerprint density at radius 3 is 2.42 bits per heavy atom. The molecule has 2 N–H and O–H groups in total. The van der Waals surface area contributed by atoms with Crippen molar-refractivity contribution in [3.63, 3.8) is 0 Å². The third kappa shape index (κ3) is 5.44. The molecular weight excluding hydrogens is 496 g/mol. The maximum Gasteiger partial charge on any atom is 0.242 e. The standard InChI is InChI=1S/C29H30N6O2S/c1-3-4-16-31-38(36,37)25-18-24(19-30-20-25)28-33-29(32-21(2)22-11-7-5-8-12-22)27-26(15-17-35(27)34-28)23-13-9-6-10-14-23/h5-15,17-21,31H,3-4,16H2,1-2H3,(H,32,33,34). The fraction of sp³-hybridized carbons (Fsp3) is 0.207. The molecule has 9 heteroatoms. The predicted octanol–water partition coefficient (Wildman–Crippen LogP) is 5.71. The van der Waals surface area contributed by atoms with Gasteiger partial charge in [0.25, 0.3) is 0 Å². The zero-order chi connectivity index (χ0) is 26.5. The summed E-state index contributed by atoms with van der Waals surface area (Å²) in [5.74, 6) is 1.01. The van der Waals surface area contributed by atoms with Gasteiger partial charge in [0, 0.05) is 36.3 Å². The van der Waals surface area contributed by atoms with E-state index in [1.807, 2.05) is 55.6 Å². The van der Waals surface area contributed by atoms with E-state index in [4.69, 9.17) is 10.1 Å². The fourth-order valence-corrected chi connectivity index (χ4v) is 5.34. The Hall–Kier alpha value is -4.08. The van der Waals surface area contributed by atoms with Crippen molar-refractivity contribution < 1.29 is 8.42 Å². The van der Waals surface area contributed by atoms with Gasteiger partial charge >= 0.3 is 0 Å². The van der Waals surface area contributed by atoms with E-state index in [9.17, 15) is 8.42 Å². The smallest absolute Gasteiger partial charge is 0.242 e. The highest BCUT2D eigenvalue weighted by Crippen LogP contribution is 2.33. The molecule has 194 valence electrons. The molecule has 0 spiro atoms. The van der Waals surface area contributed by atoms with Gasteiger partial charge in [-0.1, -0.05) is 74.0 Å². The van der Waals surface area contributed by atoms with Crippen molar-refractivity contribution in [2.75, 3.05) is 11.9 Å². The Bertz CT molecular complexity index is 1640. The van der Waals surface area contributed by atoms with Crippen molar-refractivity contribution in [3.05, 3.63) is 97.0 Å². The van der Waals surface area contributed by atoms with Crippen LogP contribution in [0.1, 0.15) is 38.3 Å². The second kappa shape index (κ2) is 11.1. The first-order valence-electron chi connectivity index (χ1n) is 12.7. The summed E-state index contributed by atoms with van der Waals surface area (Å²) in [6.45, 7) is 4.47. The first kappa shape index (κ1) is 25.6. The lowest BCUT2D eigenvalue weighted by atomic mass is 10.1. The third-order valence-corrected chi connectivity index (χ3v) is 7.78. The van der Waals surface area contributed by atoms with Gasteiger partial charge in [-0.15, -0.1) is 5.10 Å². The molecule has 0 saturated heterocycles. The van der Waals surface area contributed by atoms with Crippen molar-refractivity contribution >= 4 is 21.4 Å². The summed E-state index contributed by atoms with van der Waals surface area (Å²) in [5, 5.41) is 8.31. The van der Waals surface area contributed by atoms with Crippen LogP contribution in [0.5, 0.6) is 0 Å². The van der Waals surface area contributed by atoms with E-state index in [0.29, 0.717) is 23.8 Å². The minimum absolute atomic E-state index is 0.0334. The minimum Gasteiger partial charge on any atom is -0.362 e. The molecule has 0 bridgehead atoms. The monoisotopic (exact) mass is 526 g/mol. The number of nitrogens with one attached hydrogen (secondary N) is 2. The normalized spacial score (nSPS) is 12.5. The van der Waals surface area contributed by atoms with Gasteiger partial charge in [0.15, 0.2) is 11.6 Å². The summed E-state index contributed by atoms with van der Waals surface area (Å²) in [6.07, 6.45) is 6.47. The Labute approximate surface area is 222 Å². The Morgan fingerprint density at radius 2 is 1.68 bits per heavy atom. The molecule has 5 rings (SSSR count). The Kier molecular flexibility index (Phi) is 7.48. The van der Waals surface area contributed by atoms with Crippen molar-refractivity contribution in [1.82, 2.24) is 24.3 Å². The second-order valence-corrected chi connectivity index (χ2v) is 10.9. The van der Waals surface area contributed by atoms with Crippen LogP contribution in [0.4, 0.5) is 5.82 Å². The Balaban J connectivity index is 1.60. The van der Waals surface area contributed by atoms with Crippen LogP contribution in [0.15, 0.2) is 96.3 Å². The second-order valence-electron chi connectivity index (χ2n) is 9.11. The summed E-state index contributed by atoms with van der Waals surface area (Å²) < 4.78 is 30.1. The molecule has 0 amide bonds. The van der Waals surface area contributed by atoms with E-state index < -0.39 is 10.0 Å². The Morgan fingerprint density at radius 1 is 0.947 bits per heavy atom. The largest absolute Gasteiger partial charge is 0.362 e. The van der Waals surface area contributed by atoms with Crippen molar-refractivity contribution in [1.29, 1.82) is 0 Å². The quantitative estimate of drug-likeness (QED) is 0.226. The third-order valence-electron chi connectivity index (χ3n) is 6.35. The predicted molar refractivity (Wildman–Crippen MR) is 150 cm³/mol. The van der Waals surface area contributed by atoms with Crippen molar-refractivity contribution in [2.45, 2.75) is 37.6 Å². The molecule has 8 nitrogen and oxygen atoms in total. The maximum atomic E-state index is 12.8. The van der Waals surface area contributed by atoms with Gasteiger partial charge in [0.2, 0.25) is 10.0 Å². The van der Waals surface area contributed by atoms with Crippen LogP contribution >= 0.6 is 0 Å². The van der Waals surface area contributed by atoms with Crippen LogP contribution < -0.4 is 10.0 Å². The zero-order valence-corrected chi connectivity index (χ0v) is 22.2. The average Bonchev–Trinajstić information content (AvgIpc) is 3.39. The number of aromatic nitrogens is 4. The first-order chi connectivity index (χ1) is 18.5. The summed E-state index contributed by atoms with van der Waals surface area (Å²) in [6, 6.07) is 23.8. The molecule has 3 aromatic heterocycles. The van der Waals surface area contributed by atoms with E-state index in [2.05, 4.69) is 46.2 Å². The number of pyridine rings is 1. The number of hydrogen-bond acceptors (Lipinski definition) is 6. The number of unbranched alkanes of at least 4 members (excludes halogenated alkanes) is 1. The molecule has 5 aromatic rings. The highest BCUT2D eigenvalue weighted by molar-refractivity contribution is 7.89. The molecule has 0 aliphatic heterocycles. The van der Waals surface area contributed by atoms with Gasteiger partial charge in [-0.3, -0.25) is 4.98 Å². The number of nitrogens with zero attached hydrogens (tertiary/aromatic N) is 4. The minimum atomic E-state index is -3.69. The van der Waals surface area contributed by atoms with Crippen molar-refractivity contribution in [2.24, 2.45) is 0 Å². The molecule has 0 fully saturated rings. The van der Waals surface area contributed by atoms with E-state index in [1.54, 1.807) is 16.8 Å². The lowest BCUT2D eigenvalue weighted by Crippen LogP contribution is -2.24. The molecule has 0 aliphatic carbocycles. The topological polar surface area (TPSA) is 101 Å². The van der Waals surface area contributed by atoms with Crippen molar-refractivity contribution in [3.8, 4) is 22.5 Å². The van der Waals surface area contributed by atoms with Gasteiger partial charge in [-0.2, -0.15) is 0 Å². The van der Waals surface area contributed by atoms with Crippen LogP contribution in [-0.2, 0) is 10.0 Å². The zero-order valence-electron chi connectivity index (χ0n) is 21.4. The lowest BCUT2D eigenvalue weighted by Gasteiger charge is -2.17. The highest BCUT2D eigenvalue weighted by Gasteiger charge is 2.20. The molecule has 0 aliphatic rings. The number of benzene rings is 2. The first-order valence-corrected chi connectivity index (χ1v) is 14.2. The maximum absolute atomic E-state index is 12.8. The molecule has 1 unspecified atom stereocenters. The molecule has 38 heavy (non-hydrogen) atoms. The molecule has 1 atom stereocenters. The summed E-state index contributed by atoms with van der Waals surface area (Å²) in [4.78, 5) is 9.18. The number of hydrogen-bond donors (Lipinski definition) is 2. The van der Waals surface area contributed by atoms with Crippen LogP contribution in [0.3, 0.4) is 0 Å². The van der Waals surface area contributed by atoms with Gasteiger partial charge in [0.05, 0.1) is 6.04 Å². The van der Waals surface area contributed by atoms with Gasteiger partial charge in [-0.05, 0) is 36.6 Å². The SMILES string of the molecule is CCCCNS(=O)(=O)c1cncc(-c2nc(NC(C)c3ccccc3)c3c(-c4ccccc4)ccn3n2)c1. The molecule has 0 radical (unpaired) electrons. The molecular formula is C29H30N6O2S. The summed E-state index contributed by atoms with van der Waals surface area (Å²) >= 11 is 0. The summed E-state index contributed by atoms with van der Waals surface area (Å²) in [7, 11) is -3.69. The van der Waals surface area contributed by atoms with E-state index in [0.717, 1.165) is 35.0 Å². The van der Waals surface area contributed by atoms with E-state index in [1.165, 1.54) is 6.20 Å². The fourth-order valence-electron chi connectivity index (χ4n) is 4.28. The number of fused-ring (bicyclic) bond motifs is 1. The molecule has 2 aromatic carbocycles. The molecule has 0 saturated carbocycles. The van der Waals surface area contributed by atoms with Gasteiger partial charge in [-0.25, -0.2) is 22.6 Å². The lowest BCUT2D eigenvalue weighted by molar-refractivity contribution is 0.578. The van der Waals surface area contributed by atoms with E-state index in [-0.39, 0.29) is 10.9 Å². The highest BCUT2D eigenvalue weighted by atomic mass is 32.2. The van der Waals surface area contributed by atoms with Gasteiger partial charge < -0.3 is 5.32 Å².